The summed E-state index contributed by atoms with van der Waals surface area (Å²) in [6.07, 6.45) is 0. The third kappa shape index (κ3) is 1.82. The predicted octanol–water partition coefficient (Wildman–Crippen LogP) is 0.839. The summed E-state index contributed by atoms with van der Waals surface area (Å²) in [6.45, 7) is 5.82. The first-order valence-electron chi connectivity index (χ1n) is 5.83. The van der Waals surface area contributed by atoms with Gasteiger partial charge in [-0.3, -0.25) is 4.98 Å². The molecule has 1 aromatic carbocycles. The van der Waals surface area contributed by atoms with Gasteiger partial charge < -0.3 is 14.6 Å². The quantitative estimate of drug-likeness (QED) is 0.766. The number of nitrogens with zero attached hydrogens (tertiary/aromatic N) is 1. The van der Waals surface area contributed by atoms with Crippen LogP contribution >= 0.6 is 0 Å². The molecular weight excluding hydrogens is 218 g/mol. The van der Waals surface area contributed by atoms with Crippen LogP contribution in [0.25, 0.3) is 11.1 Å². The zero-order chi connectivity index (χ0) is 11.8. The minimum atomic E-state index is -0.387. The Balaban J connectivity index is 2.15. The van der Waals surface area contributed by atoms with E-state index in [0.29, 0.717) is 5.58 Å². The Kier molecular flexibility index (Phi) is 2.40. The number of hydrogen-bond acceptors (Lipinski definition) is 4. The lowest BCUT2D eigenvalue weighted by molar-refractivity contribution is 0.548. The summed E-state index contributed by atoms with van der Waals surface area (Å²) < 4.78 is 5.23. The summed E-state index contributed by atoms with van der Waals surface area (Å²) in [6, 6.07) is 4.01. The Morgan fingerprint density at radius 3 is 2.82 bits per heavy atom. The summed E-state index contributed by atoms with van der Waals surface area (Å²) in [5.41, 5.74) is 3.59. The van der Waals surface area contributed by atoms with E-state index < -0.39 is 0 Å². The van der Waals surface area contributed by atoms with Gasteiger partial charge >= 0.3 is 5.76 Å². The first-order valence-corrected chi connectivity index (χ1v) is 5.83. The van der Waals surface area contributed by atoms with E-state index in [1.165, 1.54) is 0 Å². The van der Waals surface area contributed by atoms with Gasteiger partial charge in [-0.25, -0.2) is 4.79 Å². The lowest BCUT2D eigenvalue weighted by atomic mass is 10.1. The molecular formula is C12H15N3O2. The van der Waals surface area contributed by atoms with Crippen LogP contribution in [0.1, 0.15) is 5.56 Å². The van der Waals surface area contributed by atoms with Crippen molar-refractivity contribution in [1.29, 1.82) is 0 Å². The van der Waals surface area contributed by atoms with Crippen LogP contribution < -0.4 is 16.0 Å². The van der Waals surface area contributed by atoms with Gasteiger partial charge in [0.15, 0.2) is 5.58 Å². The van der Waals surface area contributed by atoms with Crippen molar-refractivity contribution in [3.8, 4) is 0 Å². The van der Waals surface area contributed by atoms with Gasteiger partial charge in [-0.15, -0.1) is 0 Å². The van der Waals surface area contributed by atoms with Gasteiger partial charge in [0.1, 0.15) is 0 Å². The zero-order valence-corrected chi connectivity index (χ0v) is 9.75. The Bertz CT molecular complexity index is 593. The van der Waals surface area contributed by atoms with Crippen LogP contribution in [0.2, 0.25) is 0 Å². The Morgan fingerprint density at radius 2 is 2.06 bits per heavy atom. The second kappa shape index (κ2) is 3.92. The van der Waals surface area contributed by atoms with Gasteiger partial charge in [-0.2, -0.15) is 0 Å². The molecule has 0 saturated carbocycles. The Morgan fingerprint density at radius 1 is 1.29 bits per heavy atom. The van der Waals surface area contributed by atoms with E-state index in [0.717, 1.165) is 42.9 Å². The molecule has 2 aromatic rings. The first-order chi connectivity index (χ1) is 8.24. The third-order valence-corrected chi connectivity index (χ3v) is 3.10. The van der Waals surface area contributed by atoms with Crippen molar-refractivity contribution in [2.24, 2.45) is 0 Å². The van der Waals surface area contributed by atoms with Crippen LogP contribution in [-0.2, 0) is 0 Å². The summed E-state index contributed by atoms with van der Waals surface area (Å²) in [5, 5.41) is 3.31. The van der Waals surface area contributed by atoms with Crippen molar-refractivity contribution >= 4 is 16.8 Å². The molecule has 5 heteroatoms. The van der Waals surface area contributed by atoms with Crippen LogP contribution in [0.4, 0.5) is 5.69 Å². The van der Waals surface area contributed by atoms with Gasteiger partial charge in [0, 0.05) is 26.2 Å². The topological polar surface area (TPSA) is 61.3 Å². The molecule has 0 spiro atoms. The number of rotatable bonds is 1. The molecule has 0 radical (unpaired) electrons. The van der Waals surface area contributed by atoms with Gasteiger partial charge in [-0.05, 0) is 24.6 Å². The molecule has 90 valence electrons. The molecule has 1 fully saturated rings. The number of oxazole rings is 1. The van der Waals surface area contributed by atoms with Gasteiger partial charge in [0.25, 0.3) is 0 Å². The Hall–Kier alpha value is -1.75. The van der Waals surface area contributed by atoms with Crippen LogP contribution in [0.15, 0.2) is 21.3 Å². The number of nitrogens with one attached hydrogen (secondary N) is 2. The third-order valence-electron chi connectivity index (χ3n) is 3.10. The molecule has 0 atom stereocenters. The fourth-order valence-corrected chi connectivity index (χ4v) is 2.32. The first kappa shape index (κ1) is 10.4. The fourth-order valence-electron chi connectivity index (χ4n) is 2.32. The number of aromatic nitrogens is 1. The highest BCUT2D eigenvalue weighted by Crippen LogP contribution is 2.27. The summed E-state index contributed by atoms with van der Waals surface area (Å²) in [5.74, 6) is -0.387. The SMILES string of the molecule is Cc1cc(N2CCNCC2)c2oc(=O)[nH]c2c1. The molecule has 0 bridgehead atoms. The second-order valence-corrected chi connectivity index (χ2v) is 4.41. The smallest absolute Gasteiger partial charge is 0.406 e. The lowest BCUT2D eigenvalue weighted by Crippen LogP contribution is -2.43. The Labute approximate surface area is 98.4 Å². The van der Waals surface area contributed by atoms with Crippen molar-refractivity contribution in [3.63, 3.8) is 0 Å². The largest absolute Gasteiger partial charge is 0.417 e. The summed E-state index contributed by atoms with van der Waals surface area (Å²) in [7, 11) is 0. The molecule has 17 heavy (non-hydrogen) atoms. The number of fused-ring (bicyclic) bond motifs is 1. The molecule has 0 unspecified atom stereocenters. The van der Waals surface area contributed by atoms with E-state index in [2.05, 4.69) is 21.3 Å². The number of aryl methyl sites for hydroxylation is 1. The molecule has 1 aromatic heterocycles. The van der Waals surface area contributed by atoms with E-state index in [-0.39, 0.29) is 5.76 Å². The molecule has 1 saturated heterocycles. The molecule has 2 heterocycles. The van der Waals surface area contributed by atoms with Crippen LogP contribution in [0.3, 0.4) is 0 Å². The number of anilines is 1. The fraction of sp³-hybridized carbons (Fsp3) is 0.417. The standard InChI is InChI=1S/C12H15N3O2/c1-8-6-9-11(17-12(16)14-9)10(7-8)15-4-2-13-3-5-15/h6-7,13H,2-5H2,1H3,(H,14,16). The lowest BCUT2D eigenvalue weighted by Gasteiger charge is -2.29. The summed E-state index contributed by atoms with van der Waals surface area (Å²) in [4.78, 5) is 16.2. The maximum atomic E-state index is 11.3. The normalized spacial score (nSPS) is 16.6. The van der Waals surface area contributed by atoms with Gasteiger partial charge in [-0.1, -0.05) is 0 Å². The second-order valence-electron chi connectivity index (χ2n) is 4.41. The highest BCUT2D eigenvalue weighted by molar-refractivity contribution is 5.87. The van der Waals surface area contributed by atoms with Crippen molar-refractivity contribution in [2.75, 3.05) is 31.1 Å². The van der Waals surface area contributed by atoms with Crippen LogP contribution in [0, 0.1) is 6.92 Å². The highest BCUT2D eigenvalue weighted by atomic mass is 16.4. The average Bonchev–Trinajstić information content (AvgIpc) is 2.69. The predicted molar refractivity (Wildman–Crippen MR) is 66.7 cm³/mol. The van der Waals surface area contributed by atoms with Gasteiger partial charge in [0.05, 0.1) is 11.2 Å². The van der Waals surface area contributed by atoms with Crippen molar-refractivity contribution in [2.45, 2.75) is 6.92 Å². The molecule has 1 aliphatic rings. The van der Waals surface area contributed by atoms with Crippen molar-refractivity contribution in [3.05, 3.63) is 28.2 Å². The average molecular weight is 233 g/mol. The monoisotopic (exact) mass is 233 g/mol. The van der Waals surface area contributed by atoms with E-state index >= 15 is 0 Å². The van der Waals surface area contributed by atoms with E-state index in [1.807, 2.05) is 13.0 Å². The maximum Gasteiger partial charge on any atom is 0.417 e. The van der Waals surface area contributed by atoms with E-state index in [9.17, 15) is 4.79 Å². The number of benzene rings is 1. The number of aromatic amines is 1. The van der Waals surface area contributed by atoms with Crippen LogP contribution in [-0.4, -0.2) is 31.2 Å². The molecule has 3 rings (SSSR count). The number of piperazine rings is 1. The minimum absolute atomic E-state index is 0.387. The molecule has 2 N–H and O–H groups in total. The van der Waals surface area contributed by atoms with E-state index in [1.54, 1.807) is 0 Å². The zero-order valence-electron chi connectivity index (χ0n) is 9.75. The minimum Gasteiger partial charge on any atom is -0.406 e. The number of H-pyrrole nitrogens is 1. The molecule has 0 amide bonds. The van der Waals surface area contributed by atoms with Crippen molar-refractivity contribution in [1.82, 2.24) is 10.3 Å². The molecule has 0 aliphatic carbocycles. The van der Waals surface area contributed by atoms with Crippen molar-refractivity contribution < 1.29 is 4.42 Å². The number of hydrogen-bond donors (Lipinski definition) is 2. The summed E-state index contributed by atoms with van der Waals surface area (Å²) >= 11 is 0. The molecule has 5 nitrogen and oxygen atoms in total. The van der Waals surface area contributed by atoms with E-state index in [4.69, 9.17) is 4.42 Å². The van der Waals surface area contributed by atoms with Crippen LogP contribution in [0.5, 0.6) is 0 Å². The highest BCUT2D eigenvalue weighted by Gasteiger charge is 2.16. The molecule has 1 aliphatic heterocycles. The maximum absolute atomic E-state index is 11.3. The van der Waals surface area contributed by atoms with Gasteiger partial charge in [0.2, 0.25) is 0 Å².